The molecule has 1 saturated heterocycles. The van der Waals surface area contributed by atoms with E-state index in [9.17, 15) is 4.79 Å². The summed E-state index contributed by atoms with van der Waals surface area (Å²) in [7, 11) is 0. The van der Waals surface area contributed by atoms with Crippen LogP contribution in [0.25, 0.3) is 17.0 Å². The van der Waals surface area contributed by atoms with Crippen LogP contribution in [0.3, 0.4) is 0 Å². The number of nitrogens with zero attached hydrogens (tertiary/aromatic N) is 2. The SMILES string of the molecule is C=C(NCCCN1CCC(c2cccc(NC(=O)C(C)C)c2)CC1)c1c(-c2c(Cl)cccc2Cl)noc1C. The molecule has 38 heavy (non-hydrogen) atoms. The zero-order valence-electron chi connectivity index (χ0n) is 22.3. The third kappa shape index (κ3) is 6.79. The van der Waals surface area contributed by atoms with E-state index in [-0.39, 0.29) is 11.8 Å². The summed E-state index contributed by atoms with van der Waals surface area (Å²) in [6.07, 6.45) is 3.22. The number of nitrogens with one attached hydrogen (secondary N) is 2. The highest BCUT2D eigenvalue weighted by molar-refractivity contribution is 6.39. The Bertz CT molecular complexity index is 1260. The topological polar surface area (TPSA) is 70.4 Å². The predicted molar refractivity (Wildman–Crippen MR) is 157 cm³/mol. The van der Waals surface area contributed by atoms with Gasteiger partial charge in [-0.2, -0.15) is 0 Å². The van der Waals surface area contributed by atoms with Gasteiger partial charge in [0, 0.05) is 29.4 Å². The summed E-state index contributed by atoms with van der Waals surface area (Å²) in [5.74, 6) is 1.21. The fraction of sp³-hybridized carbons (Fsp3) is 0.400. The van der Waals surface area contributed by atoms with Crippen molar-refractivity contribution in [2.45, 2.75) is 46.0 Å². The zero-order valence-corrected chi connectivity index (χ0v) is 23.8. The lowest BCUT2D eigenvalue weighted by Crippen LogP contribution is -2.34. The van der Waals surface area contributed by atoms with Crippen LogP contribution in [-0.2, 0) is 4.79 Å². The molecule has 2 N–H and O–H groups in total. The van der Waals surface area contributed by atoms with Crippen LogP contribution in [0.5, 0.6) is 0 Å². The van der Waals surface area contributed by atoms with Crippen molar-refractivity contribution in [3.8, 4) is 11.3 Å². The summed E-state index contributed by atoms with van der Waals surface area (Å²) in [6, 6.07) is 13.7. The highest BCUT2D eigenvalue weighted by Crippen LogP contribution is 2.38. The van der Waals surface area contributed by atoms with Crippen LogP contribution in [0.1, 0.15) is 55.9 Å². The third-order valence-corrected chi connectivity index (χ3v) is 7.72. The highest BCUT2D eigenvalue weighted by Gasteiger charge is 2.23. The van der Waals surface area contributed by atoms with Gasteiger partial charge in [0.15, 0.2) is 0 Å². The molecule has 3 aromatic rings. The number of hydrogen-bond donors (Lipinski definition) is 2. The van der Waals surface area contributed by atoms with Crippen molar-refractivity contribution in [1.29, 1.82) is 0 Å². The molecule has 6 nitrogen and oxygen atoms in total. The largest absolute Gasteiger partial charge is 0.385 e. The van der Waals surface area contributed by atoms with Gasteiger partial charge in [0.25, 0.3) is 0 Å². The van der Waals surface area contributed by atoms with Gasteiger partial charge in [0.2, 0.25) is 5.91 Å². The van der Waals surface area contributed by atoms with Crippen LogP contribution < -0.4 is 10.6 Å². The number of carbonyl (C=O) groups is 1. The zero-order chi connectivity index (χ0) is 27.2. The van der Waals surface area contributed by atoms with Crippen molar-refractivity contribution < 1.29 is 9.32 Å². The summed E-state index contributed by atoms with van der Waals surface area (Å²) in [4.78, 5) is 14.6. The Morgan fingerprint density at radius 3 is 2.53 bits per heavy atom. The quantitative estimate of drug-likeness (QED) is 0.256. The molecule has 1 aliphatic rings. The van der Waals surface area contributed by atoms with Crippen molar-refractivity contribution in [1.82, 2.24) is 15.4 Å². The lowest BCUT2D eigenvalue weighted by molar-refractivity contribution is -0.118. The molecular formula is C30H36Cl2N4O2. The number of benzene rings is 2. The number of aromatic nitrogens is 1. The molecule has 1 amide bonds. The van der Waals surface area contributed by atoms with Crippen molar-refractivity contribution in [2.75, 3.05) is 31.5 Å². The maximum absolute atomic E-state index is 12.1. The summed E-state index contributed by atoms with van der Waals surface area (Å²) >= 11 is 12.8. The molecule has 2 heterocycles. The van der Waals surface area contributed by atoms with E-state index in [1.54, 1.807) is 18.2 Å². The van der Waals surface area contributed by atoms with E-state index in [0.29, 0.717) is 33.0 Å². The summed E-state index contributed by atoms with van der Waals surface area (Å²) in [5, 5.41) is 11.7. The number of halogens is 2. The van der Waals surface area contributed by atoms with Gasteiger partial charge in [-0.3, -0.25) is 4.79 Å². The fourth-order valence-electron chi connectivity index (χ4n) is 4.90. The van der Waals surface area contributed by atoms with Gasteiger partial charge in [-0.1, -0.05) is 67.0 Å². The Kier molecular flexibility index (Phi) is 9.53. The summed E-state index contributed by atoms with van der Waals surface area (Å²) in [6.45, 7) is 13.8. The Morgan fingerprint density at radius 2 is 1.84 bits per heavy atom. The maximum Gasteiger partial charge on any atom is 0.226 e. The second kappa shape index (κ2) is 12.8. The molecule has 0 atom stereocenters. The van der Waals surface area contributed by atoms with Crippen LogP contribution >= 0.6 is 23.2 Å². The molecule has 1 aliphatic heterocycles. The van der Waals surface area contributed by atoms with E-state index >= 15 is 0 Å². The van der Waals surface area contributed by atoms with Crippen LogP contribution in [0.15, 0.2) is 53.6 Å². The monoisotopic (exact) mass is 554 g/mol. The molecule has 8 heteroatoms. The van der Waals surface area contributed by atoms with Gasteiger partial charge in [-0.25, -0.2) is 0 Å². The van der Waals surface area contributed by atoms with Gasteiger partial charge >= 0.3 is 0 Å². The predicted octanol–water partition coefficient (Wildman–Crippen LogP) is 7.38. The lowest BCUT2D eigenvalue weighted by Gasteiger charge is -2.32. The molecule has 0 radical (unpaired) electrons. The maximum atomic E-state index is 12.1. The molecule has 1 aromatic heterocycles. The van der Waals surface area contributed by atoms with Crippen LogP contribution in [0.4, 0.5) is 5.69 Å². The van der Waals surface area contributed by atoms with Gasteiger partial charge in [0.05, 0.1) is 15.6 Å². The Hall–Kier alpha value is -2.80. The first-order valence-electron chi connectivity index (χ1n) is 13.2. The van der Waals surface area contributed by atoms with Crippen LogP contribution in [0, 0.1) is 12.8 Å². The molecule has 0 spiro atoms. The molecule has 0 bridgehead atoms. The fourth-order valence-corrected chi connectivity index (χ4v) is 5.48. The van der Waals surface area contributed by atoms with Crippen molar-refractivity contribution in [3.63, 3.8) is 0 Å². The van der Waals surface area contributed by atoms with E-state index in [0.717, 1.165) is 62.4 Å². The average Bonchev–Trinajstić information content (AvgIpc) is 3.27. The molecule has 2 aromatic carbocycles. The van der Waals surface area contributed by atoms with Gasteiger partial charge in [-0.15, -0.1) is 0 Å². The second-order valence-electron chi connectivity index (χ2n) is 10.2. The Morgan fingerprint density at radius 1 is 1.16 bits per heavy atom. The molecule has 202 valence electrons. The second-order valence-corrected chi connectivity index (χ2v) is 11.0. The van der Waals surface area contributed by atoms with Gasteiger partial charge in [0.1, 0.15) is 11.5 Å². The molecule has 1 fully saturated rings. The Labute approximate surface area is 235 Å². The van der Waals surface area contributed by atoms with E-state index in [1.165, 1.54) is 5.56 Å². The summed E-state index contributed by atoms with van der Waals surface area (Å²) < 4.78 is 5.47. The smallest absolute Gasteiger partial charge is 0.226 e. The number of amides is 1. The molecule has 0 saturated carbocycles. The molecular weight excluding hydrogens is 519 g/mol. The number of hydrogen-bond acceptors (Lipinski definition) is 5. The molecule has 0 aliphatic carbocycles. The standard InChI is InChI=1S/C30H36Cl2N4O2/c1-19(2)30(37)34-24-9-5-8-23(18-24)22-12-16-36(17-13-22)15-7-14-33-20(3)27-21(4)38-35-29(27)28-25(31)10-6-11-26(28)32/h5-6,8-11,18-19,22,33H,3,7,12-17H2,1-2,4H3,(H,34,37). The van der Waals surface area contributed by atoms with E-state index in [4.69, 9.17) is 27.7 Å². The minimum absolute atomic E-state index is 0.0307. The average molecular weight is 556 g/mol. The number of carbonyl (C=O) groups excluding carboxylic acids is 1. The van der Waals surface area contributed by atoms with E-state index < -0.39 is 0 Å². The van der Waals surface area contributed by atoms with Gasteiger partial charge in [-0.05, 0) is 81.6 Å². The molecule has 4 rings (SSSR count). The van der Waals surface area contributed by atoms with Crippen LogP contribution in [-0.4, -0.2) is 42.1 Å². The van der Waals surface area contributed by atoms with Crippen molar-refractivity contribution >= 4 is 40.5 Å². The first-order valence-corrected chi connectivity index (χ1v) is 14.0. The van der Waals surface area contributed by atoms with Gasteiger partial charge < -0.3 is 20.1 Å². The minimum Gasteiger partial charge on any atom is -0.385 e. The number of anilines is 1. The summed E-state index contributed by atoms with van der Waals surface area (Å²) in [5.41, 5.74) is 5.00. The first kappa shape index (κ1) is 28.2. The van der Waals surface area contributed by atoms with Crippen LogP contribution in [0.2, 0.25) is 10.0 Å². The highest BCUT2D eigenvalue weighted by atomic mass is 35.5. The number of piperidine rings is 1. The third-order valence-electron chi connectivity index (χ3n) is 7.09. The Balaban J connectivity index is 1.25. The van der Waals surface area contributed by atoms with E-state index in [2.05, 4.69) is 39.4 Å². The van der Waals surface area contributed by atoms with Crippen molar-refractivity contribution in [2.24, 2.45) is 5.92 Å². The minimum atomic E-state index is -0.0307. The first-order chi connectivity index (χ1) is 18.2. The normalized spacial score (nSPS) is 14.6. The number of likely N-dealkylation sites (tertiary alicyclic amines) is 1. The van der Waals surface area contributed by atoms with Crippen molar-refractivity contribution in [3.05, 3.63) is 76.0 Å². The molecule has 0 unspecified atom stereocenters. The lowest BCUT2D eigenvalue weighted by atomic mass is 9.89. The number of rotatable bonds is 10. The van der Waals surface area contributed by atoms with E-state index in [1.807, 2.05) is 32.9 Å². The number of aryl methyl sites for hydroxylation is 1.